The van der Waals surface area contributed by atoms with Crippen LogP contribution in [0.5, 0.6) is 0 Å². The third-order valence-electron chi connectivity index (χ3n) is 3.66. The molecule has 2 heteroatoms. The van der Waals surface area contributed by atoms with E-state index in [1.165, 1.54) is 26.1 Å². The summed E-state index contributed by atoms with van der Waals surface area (Å²) in [5.41, 5.74) is 3.86. The third kappa shape index (κ3) is 10.3. The first-order valence-corrected chi connectivity index (χ1v) is 11.0. The number of rotatable bonds is 6. The molecule has 0 heterocycles. The summed E-state index contributed by atoms with van der Waals surface area (Å²) in [5, 5.41) is 0. The number of carbonyl (C=O) groups excluding carboxylic acids is 1. The summed E-state index contributed by atoms with van der Waals surface area (Å²) in [7, 11) is 0. The molecule has 152 valence electrons. The van der Waals surface area contributed by atoms with E-state index in [4.69, 9.17) is 6.42 Å². The molecule has 2 aromatic carbocycles. The first-order chi connectivity index (χ1) is 14.5. The van der Waals surface area contributed by atoms with Crippen molar-refractivity contribution in [3.63, 3.8) is 0 Å². The van der Waals surface area contributed by atoms with E-state index in [1.54, 1.807) is 26.0 Å². The van der Waals surface area contributed by atoms with Gasteiger partial charge in [0.05, 0.1) is 0 Å². The molecule has 0 amide bonds. The number of carbonyl (C=O) groups is 1. The second-order valence-corrected chi connectivity index (χ2v) is 8.23. The van der Waals surface area contributed by atoms with Gasteiger partial charge in [0.15, 0.2) is 0 Å². The number of aryl methyl sites for hydroxylation is 1. The summed E-state index contributed by atoms with van der Waals surface area (Å²) in [6, 6.07) is 19.0. The van der Waals surface area contributed by atoms with Crippen molar-refractivity contribution in [2.45, 2.75) is 20.8 Å². The molecule has 0 unspecified atom stereocenters. The molecule has 0 atom stereocenters. The molecule has 2 aromatic rings. The summed E-state index contributed by atoms with van der Waals surface area (Å²) in [6.45, 7) is 13.3. The molecule has 30 heavy (non-hydrogen) atoms. The first kappa shape index (κ1) is 26.7. The minimum absolute atomic E-state index is 0.327. The number of hydrogen-bond donors (Lipinski definition) is 0. The molecule has 0 radical (unpaired) electrons. The van der Waals surface area contributed by atoms with Gasteiger partial charge < -0.3 is 0 Å². The van der Waals surface area contributed by atoms with Crippen molar-refractivity contribution in [3.05, 3.63) is 108 Å². The van der Waals surface area contributed by atoms with Gasteiger partial charge in [0, 0.05) is 5.57 Å². The first-order valence-electron chi connectivity index (χ1n) is 9.24. The molecule has 0 fully saturated rings. The fourth-order valence-corrected chi connectivity index (χ4v) is 4.15. The van der Waals surface area contributed by atoms with Gasteiger partial charge in [0.1, 0.15) is 6.29 Å². The van der Waals surface area contributed by atoms with E-state index in [1.807, 2.05) is 0 Å². The van der Waals surface area contributed by atoms with Crippen LogP contribution in [0.4, 0.5) is 0 Å². The van der Waals surface area contributed by atoms with Crippen LogP contribution in [0.3, 0.4) is 0 Å². The molecule has 1 nitrogen and oxygen atoms in total. The van der Waals surface area contributed by atoms with Crippen LogP contribution in [-0.2, 0) is 4.79 Å². The van der Waals surface area contributed by atoms with Gasteiger partial charge in [-0.25, -0.2) is 0 Å². The summed E-state index contributed by atoms with van der Waals surface area (Å²) in [6.07, 6.45) is 15.1. The number of terminal acetylenes is 2. The van der Waals surface area contributed by atoms with Crippen molar-refractivity contribution in [3.8, 4) is 24.7 Å². The minimum atomic E-state index is 0.327. The predicted octanol–water partition coefficient (Wildman–Crippen LogP) is 5.51. The van der Waals surface area contributed by atoms with Crippen LogP contribution in [0.2, 0.25) is 0 Å². The van der Waals surface area contributed by atoms with Gasteiger partial charge in [-0.05, 0) is 25.5 Å². The van der Waals surface area contributed by atoms with Gasteiger partial charge in [-0.2, -0.15) is 0 Å². The van der Waals surface area contributed by atoms with Gasteiger partial charge in [-0.15, -0.1) is 18.8 Å². The number of hydrogen-bond acceptors (Lipinski definition) is 1. The number of allylic oxidation sites excluding steroid dienone is 5. The van der Waals surface area contributed by atoms with Crippen LogP contribution in [0, 0.1) is 31.6 Å². The Hall–Kier alpha value is -3.29. The van der Waals surface area contributed by atoms with Crippen molar-refractivity contribution in [1.29, 1.82) is 0 Å². The van der Waals surface area contributed by atoms with Gasteiger partial charge in [0.2, 0.25) is 0 Å². The molecule has 0 bridgehead atoms. The van der Waals surface area contributed by atoms with Crippen LogP contribution >= 0.6 is 0 Å². The van der Waals surface area contributed by atoms with Crippen LogP contribution in [0.15, 0.2) is 97.1 Å². The molecular formula is C28H28OSe. The maximum atomic E-state index is 10.4. The summed E-state index contributed by atoms with van der Waals surface area (Å²) < 4.78 is 2.63. The van der Waals surface area contributed by atoms with Gasteiger partial charge in [-0.1, -0.05) is 24.7 Å². The van der Waals surface area contributed by atoms with Crippen LogP contribution in [0.25, 0.3) is 4.47 Å². The average Bonchev–Trinajstić information content (AvgIpc) is 2.76. The standard InChI is InChI=1S/C15H14Se.C10H10O.C3H4/c1-12-8-6-7-11-15(12)13(2)16-14-9-4-3-5-10-14;1-4-7-9(5-2)10(6-3)8-11;1-3-2/h3-11H,2H2,1H3;1,5-8H,2H2,3H3;1H,2H3/b;9-7-,10-6-;. The summed E-state index contributed by atoms with van der Waals surface area (Å²) in [4.78, 5) is 10.4. The predicted molar refractivity (Wildman–Crippen MR) is 133 cm³/mol. The van der Waals surface area contributed by atoms with E-state index in [-0.39, 0.29) is 0 Å². The Morgan fingerprint density at radius 3 is 2.07 bits per heavy atom. The van der Waals surface area contributed by atoms with Crippen LogP contribution < -0.4 is 4.46 Å². The Balaban J connectivity index is 0.000000526. The Bertz CT molecular complexity index is 964. The fourth-order valence-electron chi connectivity index (χ4n) is 2.22. The third-order valence-corrected chi connectivity index (χ3v) is 5.70. The number of aldehydes is 1. The van der Waals surface area contributed by atoms with Crippen LogP contribution in [-0.4, -0.2) is 21.2 Å². The average molecular weight is 459 g/mol. The molecule has 0 spiro atoms. The SMILES string of the molecule is C#C/C=C(C=C)\C(C=O)=C/C.C#CC.C=C([Se]c1ccccc1)c1ccccc1C. The Labute approximate surface area is 188 Å². The van der Waals surface area contributed by atoms with Crippen molar-refractivity contribution in [2.24, 2.45) is 0 Å². The molecule has 0 aliphatic carbocycles. The Morgan fingerprint density at radius 1 is 1.03 bits per heavy atom. The van der Waals surface area contributed by atoms with Crippen LogP contribution in [0.1, 0.15) is 25.0 Å². The summed E-state index contributed by atoms with van der Waals surface area (Å²) >= 11 is 0.327. The molecule has 0 saturated heterocycles. The van der Waals surface area contributed by atoms with E-state index < -0.39 is 0 Å². The zero-order chi connectivity index (χ0) is 22.8. The van der Waals surface area contributed by atoms with Crippen molar-refractivity contribution in [1.82, 2.24) is 0 Å². The molecule has 0 saturated carbocycles. The van der Waals surface area contributed by atoms with Crippen molar-refractivity contribution >= 4 is 30.2 Å². The van der Waals surface area contributed by atoms with Crippen molar-refractivity contribution in [2.75, 3.05) is 0 Å². The zero-order valence-electron chi connectivity index (χ0n) is 17.9. The summed E-state index contributed by atoms with van der Waals surface area (Å²) in [5.74, 6) is 4.58. The second kappa shape index (κ2) is 16.6. The van der Waals surface area contributed by atoms with Crippen molar-refractivity contribution < 1.29 is 4.79 Å². The molecule has 2 rings (SSSR count). The maximum absolute atomic E-state index is 10.4. The van der Waals surface area contributed by atoms with Gasteiger partial charge in [-0.3, -0.25) is 4.79 Å². The second-order valence-electron chi connectivity index (χ2n) is 5.77. The fraction of sp³-hybridized carbons (Fsp3) is 0.107. The van der Waals surface area contributed by atoms with Gasteiger partial charge >= 0.3 is 103 Å². The molecular weight excluding hydrogens is 431 g/mol. The quantitative estimate of drug-likeness (QED) is 0.183. The normalized spacial score (nSPS) is 10.0. The van der Waals surface area contributed by atoms with E-state index in [2.05, 4.69) is 92.9 Å². The Kier molecular flexibility index (Phi) is 14.8. The Morgan fingerprint density at radius 2 is 1.60 bits per heavy atom. The number of benzene rings is 2. The molecule has 0 aliphatic heterocycles. The monoisotopic (exact) mass is 460 g/mol. The van der Waals surface area contributed by atoms with Gasteiger partial charge in [0.25, 0.3) is 0 Å². The van der Waals surface area contributed by atoms with E-state index in [0.29, 0.717) is 26.1 Å². The van der Waals surface area contributed by atoms with E-state index in [9.17, 15) is 4.79 Å². The van der Waals surface area contributed by atoms with E-state index in [0.717, 1.165) is 6.29 Å². The zero-order valence-corrected chi connectivity index (χ0v) is 19.6. The topological polar surface area (TPSA) is 17.1 Å². The molecule has 0 N–H and O–H groups in total. The molecule has 0 aliphatic rings. The van der Waals surface area contributed by atoms with E-state index >= 15 is 0 Å². The molecule has 0 aromatic heterocycles.